The molecule has 0 spiro atoms. The topological polar surface area (TPSA) is 159 Å². The highest BCUT2D eigenvalue weighted by Crippen LogP contribution is 2.49. The maximum atomic E-state index is 11.6. The van der Waals surface area contributed by atoms with E-state index in [2.05, 4.69) is 15.0 Å². The number of H-pyrrole nitrogens is 1. The third-order valence-corrected chi connectivity index (χ3v) is 5.78. The van der Waals surface area contributed by atoms with Crippen LogP contribution in [0.4, 0.5) is 5.95 Å². The second-order valence-corrected chi connectivity index (χ2v) is 7.80. The van der Waals surface area contributed by atoms with Crippen molar-refractivity contribution in [3.8, 4) is 0 Å². The van der Waals surface area contributed by atoms with E-state index in [-0.39, 0.29) is 23.3 Å². The normalized spacial score (nSPS) is 25.2. The molecule has 0 aliphatic carbocycles. The zero-order chi connectivity index (χ0) is 15.2. The van der Waals surface area contributed by atoms with E-state index >= 15 is 0 Å². The van der Waals surface area contributed by atoms with Crippen molar-refractivity contribution < 1.29 is 19.1 Å². The van der Waals surface area contributed by atoms with Crippen molar-refractivity contribution in [3.63, 3.8) is 0 Å². The predicted molar refractivity (Wildman–Crippen MR) is 73.5 cm³/mol. The van der Waals surface area contributed by atoms with E-state index in [0.29, 0.717) is 12.2 Å². The van der Waals surface area contributed by atoms with Gasteiger partial charge in [0.2, 0.25) is 5.95 Å². The summed E-state index contributed by atoms with van der Waals surface area (Å²) in [4.78, 5) is 41.9. The first kappa shape index (κ1) is 14.5. The average Bonchev–Trinajstić information content (AvgIpc) is 2.97. The number of rotatable bonds is 3. The van der Waals surface area contributed by atoms with Crippen LogP contribution >= 0.6 is 19.4 Å². The molecule has 2 aromatic heterocycles. The molecule has 3 atom stereocenters. The van der Waals surface area contributed by atoms with Gasteiger partial charge in [0, 0.05) is 11.8 Å². The summed E-state index contributed by atoms with van der Waals surface area (Å²) < 4.78 is 17.7. The van der Waals surface area contributed by atoms with Gasteiger partial charge in [0.05, 0.1) is 12.9 Å². The Bertz CT molecular complexity index is 784. The lowest BCUT2D eigenvalue weighted by atomic mass is 10.4. The first-order valence-corrected chi connectivity index (χ1v) is 8.44. The van der Waals surface area contributed by atoms with Gasteiger partial charge in [0.25, 0.3) is 5.56 Å². The van der Waals surface area contributed by atoms with Gasteiger partial charge in [-0.2, -0.15) is 4.98 Å². The van der Waals surface area contributed by atoms with Crippen LogP contribution in [0.3, 0.4) is 0 Å². The Morgan fingerprint density at radius 1 is 1.71 bits per heavy atom. The second-order valence-electron chi connectivity index (χ2n) is 4.48. The van der Waals surface area contributed by atoms with Crippen molar-refractivity contribution in [1.82, 2.24) is 19.5 Å². The summed E-state index contributed by atoms with van der Waals surface area (Å²) in [5, 5.41) is -1.48. The lowest BCUT2D eigenvalue weighted by molar-refractivity contribution is -0.199. The van der Waals surface area contributed by atoms with Gasteiger partial charge < -0.3 is 29.4 Å². The van der Waals surface area contributed by atoms with E-state index < -0.39 is 18.3 Å². The summed E-state index contributed by atoms with van der Waals surface area (Å²) in [7, 11) is -4.53. The maximum absolute atomic E-state index is 11.6. The van der Waals surface area contributed by atoms with Crippen LogP contribution in [0.5, 0.6) is 0 Å². The Balaban J connectivity index is 1.84. The number of fused-ring (bicyclic) bond motifs is 1. The fourth-order valence-electron chi connectivity index (χ4n) is 2.02. The number of nitrogens with two attached hydrogens (primary N) is 1. The van der Waals surface area contributed by atoms with Crippen LogP contribution in [-0.2, 0) is 15.8 Å². The number of ether oxygens (including phenoxy) is 1. The number of imidazole rings is 1. The van der Waals surface area contributed by atoms with E-state index in [1.165, 1.54) is 6.33 Å². The van der Waals surface area contributed by atoms with Gasteiger partial charge in [0.15, 0.2) is 23.9 Å². The summed E-state index contributed by atoms with van der Waals surface area (Å²) in [5.41, 5.74) is 5.52. The highest BCUT2D eigenvalue weighted by molar-refractivity contribution is 8.05. The molecule has 114 valence electrons. The molecular weight excluding hydrogens is 321 g/mol. The van der Waals surface area contributed by atoms with Gasteiger partial charge in [-0.1, -0.05) is 0 Å². The summed E-state index contributed by atoms with van der Waals surface area (Å²) >= 11 is 0.991. The molecular formula is C9H11N5O5PS-. The first-order valence-electron chi connectivity index (χ1n) is 5.86. The standard InChI is InChI=1S/C9H12N5O5PS/c10-8-12-6-5(7(15)13-8)11-3-14(6)1-4-2-19-9(21-4)20(16,17)18/h3-4,9H,1-2H2,(H2,16,17,18)(H3,10,12,13,15)/p-1. The number of thioether (sulfide) groups is 1. The van der Waals surface area contributed by atoms with Gasteiger partial charge in [-0.15, -0.1) is 11.8 Å². The quantitative estimate of drug-likeness (QED) is 0.578. The number of nitrogens with zero attached hydrogens (tertiary/aromatic N) is 3. The Morgan fingerprint density at radius 2 is 2.48 bits per heavy atom. The SMILES string of the molecule is Nc1nc2c(ncn2CC2COC(P(=O)([O-])O)S2)c(=O)[nH]1. The van der Waals surface area contributed by atoms with Crippen LogP contribution in [0.2, 0.25) is 0 Å². The van der Waals surface area contributed by atoms with E-state index in [1.54, 1.807) is 4.57 Å². The smallest absolute Gasteiger partial charge is 0.280 e. The molecule has 0 bridgehead atoms. The fourth-order valence-corrected chi connectivity index (χ4v) is 4.32. The molecule has 2 aromatic rings. The van der Waals surface area contributed by atoms with Crippen LogP contribution in [0, 0.1) is 0 Å². The number of hydrogen-bond acceptors (Lipinski definition) is 8. The van der Waals surface area contributed by atoms with Gasteiger partial charge >= 0.3 is 0 Å². The molecule has 3 rings (SSSR count). The summed E-state index contributed by atoms with van der Waals surface area (Å²) in [6.45, 7) is 0.480. The Labute approximate surface area is 121 Å². The zero-order valence-corrected chi connectivity index (χ0v) is 12.2. The summed E-state index contributed by atoms with van der Waals surface area (Å²) in [6.07, 6.45) is 1.43. The molecule has 0 aromatic carbocycles. The van der Waals surface area contributed by atoms with E-state index in [4.69, 9.17) is 15.4 Å². The predicted octanol–water partition coefficient (Wildman–Crippen LogP) is -1.34. The van der Waals surface area contributed by atoms with Gasteiger partial charge in [-0.3, -0.25) is 9.78 Å². The van der Waals surface area contributed by atoms with Crippen LogP contribution in [0.1, 0.15) is 0 Å². The van der Waals surface area contributed by atoms with Gasteiger partial charge in [-0.25, -0.2) is 4.98 Å². The second kappa shape index (κ2) is 5.11. The minimum absolute atomic E-state index is 0.0260. The molecule has 21 heavy (non-hydrogen) atoms. The molecule has 3 unspecified atom stereocenters. The molecule has 0 saturated carbocycles. The number of nitrogen functional groups attached to an aromatic ring is 1. The number of hydrogen-bond donors (Lipinski definition) is 3. The Morgan fingerprint density at radius 3 is 3.14 bits per heavy atom. The molecule has 1 aliphatic heterocycles. The molecule has 0 amide bonds. The first-order chi connectivity index (χ1) is 9.84. The molecule has 1 aliphatic rings. The number of anilines is 1. The van der Waals surface area contributed by atoms with Crippen LogP contribution in [-0.4, -0.2) is 41.4 Å². The molecule has 1 fully saturated rings. The average molecular weight is 332 g/mol. The van der Waals surface area contributed by atoms with Crippen molar-refractivity contribution in [3.05, 3.63) is 16.7 Å². The fraction of sp³-hybridized carbons (Fsp3) is 0.444. The molecule has 10 nitrogen and oxygen atoms in total. The highest BCUT2D eigenvalue weighted by Gasteiger charge is 2.33. The third-order valence-electron chi connectivity index (χ3n) is 2.89. The third kappa shape index (κ3) is 2.83. The maximum Gasteiger partial charge on any atom is 0.280 e. The summed E-state index contributed by atoms with van der Waals surface area (Å²) in [6, 6.07) is 0. The van der Waals surface area contributed by atoms with Gasteiger partial charge in [-0.05, 0) is 0 Å². The lowest BCUT2D eigenvalue weighted by Gasteiger charge is -2.21. The number of nitrogens with one attached hydrogen (secondary N) is 1. The molecule has 3 heterocycles. The summed E-state index contributed by atoms with van der Waals surface area (Å²) in [5.74, 6) is -0.0260. The largest absolute Gasteiger partial charge is 0.776 e. The van der Waals surface area contributed by atoms with Crippen LogP contribution < -0.4 is 16.2 Å². The van der Waals surface area contributed by atoms with Gasteiger partial charge in [0.1, 0.15) is 0 Å². The van der Waals surface area contributed by atoms with Crippen molar-refractivity contribution in [2.24, 2.45) is 0 Å². The van der Waals surface area contributed by atoms with E-state index in [0.717, 1.165) is 11.8 Å². The van der Waals surface area contributed by atoms with E-state index in [9.17, 15) is 14.3 Å². The van der Waals surface area contributed by atoms with Crippen molar-refractivity contribution in [2.45, 2.75) is 17.0 Å². The Kier molecular flexibility index (Phi) is 3.54. The van der Waals surface area contributed by atoms with Crippen LogP contribution in [0.25, 0.3) is 11.2 Å². The van der Waals surface area contributed by atoms with Crippen molar-refractivity contribution in [2.75, 3.05) is 12.3 Å². The lowest BCUT2D eigenvalue weighted by Crippen LogP contribution is -2.16. The monoisotopic (exact) mass is 332 g/mol. The minimum atomic E-state index is -4.53. The van der Waals surface area contributed by atoms with E-state index in [1.807, 2.05) is 0 Å². The Hall–Kier alpha value is -1.39. The van der Waals surface area contributed by atoms with Crippen molar-refractivity contribution in [1.29, 1.82) is 0 Å². The zero-order valence-electron chi connectivity index (χ0n) is 10.5. The van der Waals surface area contributed by atoms with Crippen molar-refractivity contribution >= 4 is 36.5 Å². The van der Waals surface area contributed by atoms with Crippen LogP contribution in [0.15, 0.2) is 11.1 Å². The molecule has 12 heteroatoms. The molecule has 4 N–H and O–H groups in total. The molecule has 0 radical (unpaired) electrons. The minimum Gasteiger partial charge on any atom is -0.776 e. The number of aromatic amines is 1. The molecule has 1 saturated heterocycles. The highest BCUT2D eigenvalue weighted by atomic mass is 32.2. The number of aromatic nitrogens is 4.